The third kappa shape index (κ3) is 4.44. The Morgan fingerprint density at radius 3 is 2.44 bits per heavy atom. The van der Waals surface area contributed by atoms with E-state index in [0.29, 0.717) is 18.7 Å². The van der Waals surface area contributed by atoms with Crippen LogP contribution in [-0.4, -0.2) is 43.6 Å². The summed E-state index contributed by atoms with van der Waals surface area (Å²) in [5.41, 5.74) is -0.644. The van der Waals surface area contributed by atoms with Gasteiger partial charge in [0.05, 0.1) is 5.75 Å². The van der Waals surface area contributed by atoms with E-state index >= 15 is 0 Å². The van der Waals surface area contributed by atoms with Crippen molar-refractivity contribution in [3.63, 3.8) is 0 Å². The highest BCUT2D eigenvalue weighted by Crippen LogP contribution is 2.30. The maximum atomic E-state index is 12.4. The Balaban J connectivity index is 2.59. The molecule has 0 saturated heterocycles. The molecule has 1 heterocycles. The van der Waals surface area contributed by atoms with Crippen molar-refractivity contribution >= 4 is 21.6 Å². The fourth-order valence-corrected chi connectivity index (χ4v) is 3.36. The summed E-state index contributed by atoms with van der Waals surface area (Å²) >= 11 is 5.44. The summed E-state index contributed by atoms with van der Waals surface area (Å²) in [7, 11) is -3.46. The Hall–Kier alpha value is -0.270. The first-order valence-electron chi connectivity index (χ1n) is 5.57. The maximum Gasteiger partial charge on any atom is 0.412 e. The van der Waals surface area contributed by atoms with Crippen molar-refractivity contribution in [2.45, 2.75) is 25.4 Å². The Morgan fingerprint density at radius 1 is 1.33 bits per heavy atom. The highest BCUT2D eigenvalue weighted by atomic mass is 35.5. The second-order valence-corrected chi connectivity index (χ2v) is 6.51. The van der Waals surface area contributed by atoms with Crippen LogP contribution in [0, 0.1) is 0 Å². The standard InChI is InChI=1S/C10H15ClF3NO2S/c11-5-1-2-8-18(16,17)15-6-3-9(4-7-15)10(12,13)14/h3H,1-2,4-8H2. The van der Waals surface area contributed by atoms with Gasteiger partial charge in [-0.2, -0.15) is 17.5 Å². The number of unbranched alkanes of at least 4 members (excludes halogenated alkanes) is 1. The maximum absolute atomic E-state index is 12.4. The molecule has 0 spiro atoms. The molecule has 0 radical (unpaired) electrons. The van der Waals surface area contributed by atoms with Crippen molar-refractivity contribution in [1.29, 1.82) is 0 Å². The van der Waals surface area contributed by atoms with Crippen molar-refractivity contribution in [2.24, 2.45) is 0 Å². The van der Waals surface area contributed by atoms with Gasteiger partial charge in [-0.15, -0.1) is 11.6 Å². The highest BCUT2D eigenvalue weighted by Gasteiger charge is 2.36. The van der Waals surface area contributed by atoms with Gasteiger partial charge in [0.1, 0.15) is 0 Å². The molecule has 0 N–H and O–H groups in total. The zero-order valence-electron chi connectivity index (χ0n) is 9.71. The van der Waals surface area contributed by atoms with Gasteiger partial charge in [-0.05, 0) is 19.3 Å². The molecule has 1 aliphatic rings. The summed E-state index contributed by atoms with van der Waals surface area (Å²) in [6.07, 6.45) is -2.67. The Morgan fingerprint density at radius 2 is 2.00 bits per heavy atom. The molecule has 0 aromatic rings. The van der Waals surface area contributed by atoms with Gasteiger partial charge in [0.15, 0.2) is 0 Å². The summed E-state index contributed by atoms with van der Waals surface area (Å²) in [4.78, 5) is 0. The van der Waals surface area contributed by atoms with Crippen LogP contribution in [0.15, 0.2) is 11.6 Å². The zero-order valence-corrected chi connectivity index (χ0v) is 11.3. The van der Waals surface area contributed by atoms with Crippen molar-refractivity contribution < 1.29 is 21.6 Å². The van der Waals surface area contributed by atoms with Gasteiger partial charge in [0.2, 0.25) is 10.0 Å². The highest BCUT2D eigenvalue weighted by molar-refractivity contribution is 7.89. The molecule has 18 heavy (non-hydrogen) atoms. The molecule has 0 aromatic carbocycles. The first kappa shape index (κ1) is 15.8. The van der Waals surface area contributed by atoms with Gasteiger partial charge in [-0.1, -0.05) is 6.08 Å². The second kappa shape index (κ2) is 6.25. The van der Waals surface area contributed by atoms with Crippen LogP contribution >= 0.6 is 11.6 Å². The van der Waals surface area contributed by atoms with Crippen LogP contribution in [0.3, 0.4) is 0 Å². The van der Waals surface area contributed by atoms with E-state index in [4.69, 9.17) is 11.6 Å². The van der Waals surface area contributed by atoms with Gasteiger partial charge in [-0.3, -0.25) is 0 Å². The lowest BCUT2D eigenvalue weighted by atomic mass is 10.1. The van der Waals surface area contributed by atoms with Crippen LogP contribution in [0.5, 0.6) is 0 Å². The normalized spacial score (nSPS) is 18.8. The van der Waals surface area contributed by atoms with Crippen LogP contribution in [0.4, 0.5) is 13.2 Å². The zero-order chi connectivity index (χ0) is 13.8. The first-order valence-corrected chi connectivity index (χ1v) is 7.72. The van der Waals surface area contributed by atoms with Crippen LogP contribution in [0.2, 0.25) is 0 Å². The lowest BCUT2D eigenvalue weighted by Crippen LogP contribution is -2.38. The van der Waals surface area contributed by atoms with Crippen molar-refractivity contribution in [1.82, 2.24) is 4.31 Å². The quantitative estimate of drug-likeness (QED) is 0.445. The summed E-state index contributed by atoms with van der Waals surface area (Å²) < 4.78 is 61.8. The molecule has 3 nitrogen and oxygen atoms in total. The third-order valence-electron chi connectivity index (χ3n) is 2.72. The minimum Gasteiger partial charge on any atom is -0.212 e. The summed E-state index contributed by atoms with van der Waals surface area (Å²) in [6.45, 7) is -0.299. The van der Waals surface area contributed by atoms with E-state index in [2.05, 4.69) is 0 Å². The number of sulfonamides is 1. The number of alkyl halides is 4. The molecular weight excluding hydrogens is 291 g/mol. The van der Waals surface area contributed by atoms with Crippen molar-refractivity contribution in [2.75, 3.05) is 24.7 Å². The van der Waals surface area contributed by atoms with Crippen LogP contribution in [-0.2, 0) is 10.0 Å². The van der Waals surface area contributed by atoms with E-state index in [-0.39, 0.29) is 25.3 Å². The fraction of sp³-hybridized carbons (Fsp3) is 0.800. The molecule has 0 unspecified atom stereocenters. The number of rotatable bonds is 5. The van der Waals surface area contributed by atoms with Gasteiger partial charge in [0.25, 0.3) is 0 Å². The lowest BCUT2D eigenvalue weighted by Gasteiger charge is -2.26. The monoisotopic (exact) mass is 305 g/mol. The van der Waals surface area contributed by atoms with E-state index < -0.39 is 21.8 Å². The molecule has 0 aliphatic carbocycles. The SMILES string of the molecule is O=S(=O)(CCCCCl)N1CC=C(C(F)(F)F)CC1. The Kier molecular flexibility index (Phi) is 5.48. The van der Waals surface area contributed by atoms with Crippen LogP contribution in [0.25, 0.3) is 0 Å². The molecule has 8 heteroatoms. The molecule has 0 bridgehead atoms. The number of halogens is 4. The van der Waals surface area contributed by atoms with Crippen LogP contribution < -0.4 is 0 Å². The minimum absolute atomic E-state index is 0.0606. The van der Waals surface area contributed by atoms with Gasteiger partial charge >= 0.3 is 6.18 Å². The smallest absolute Gasteiger partial charge is 0.212 e. The van der Waals surface area contributed by atoms with E-state index in [1.165, 1.54) is 0 Å². The number of hydrogen-bond acceptors (Lipinski definition) is 2. The summed E-state index contributed by atoms with van der Waals surface area (Å²) in [6, 6.07) is 0. The van der Waals surface area contributed by atoms with Crippen LogP contribution in [0.1, 0.15) is 19.3 Å². The molecule has 1 rings (SSSR count). The summed E-state index contributed by atoms with van der Waals surface area (Å²) in [5, 5.41) is 0. The molecular formula is C10H15ClF3NO2S. The first-order chi connectivity index (χ1) is 8.27. The average molecular weight is 306 g/mol. The van der Waals surface area contributed by atoms with E-state index in [1.54, 1.807) is 0 Å². The van der Waals surface area contributed by atoms with Gasteiger partial charge in [0, 0.05) is 24.5 Å². The molecule has 106 valence electrons. The molecule has 0 saturated carbocycles. The fourth-order valence-electron chi connectivity index (χ4n) is 1.67. The topological polar surface area (TPSA) is 37.4 Å². The Bertz CT molecular complexity index is 406. The van der Waals surface area contributed by atoms with Gasteiger partial charge in [-0.25, -0.2) is 8.42 Å². The molecule has 0 fully saturated rings. The van der Waals surface area contributed by atoms with E-state index in [0.717, 1.165) is 10.4 Å². The lowest BCUT2D eigenvalue weighted by molar-refractivity contribution is -0.0953. The van der Waals surface area contributed by atoms with E-state index in [1.807, 2.05) is 0 Å². The molecule has 0 amide bonds. The number of nitrogens with zero attached hydrogens (tertiary/aromatic N) is 1. The predicted octanol–water partition coefficient (Wildman–Crippen LogP) is 2.53. The average Bonchev–Trinajstić information content (AvgIpc) is 2.28. The van der Waals surface area contributed by atoms with Crippen molar-refractivity contribution in [3.05, 3.63) is 11.6 Å². The van der Waals surface area contributed by atoms with Crippen molar-refractivity contribution in [3.8, 4) is 0 Å². The van der Waals surface area contributed by atoms with E-state index in [9.17, 15) is 21.6 Å². The molecule has 0 atom stereocenters. The predicted molar refractivity (Wildman–Crippen MR) is 64.1 cm³/mol. The molecule has 1 aliphatic heterocycles. The molecule has 0 aromatic heterocycles. The minimum atomic E-state index is -4.35. The van der Waals surface area contributed by atoms with Gasteiger partial charge < -0.3 is 0 Å². The Labute approximate surface area is 110 Å². The summed E-state index contributed by atoms with van der Waals surface area (Å²) in [5.74, 6) is 0.322. The number of hydrogen-bond donors (Lipinski definition) is 0. The largest absolute Gasteiger partial charge is 0.412 e. The second-order valence-electron chi connectivity index (χ2n) is 4.05. The third-order valence-corrected chi connectivity index (χ3v) is 4.91.